The van der Waals surface area contributed by atoms with E-state index in [2.05, 4.69) is 11.8 Å². The summed E-state index contributed by atoms with van der Waals surface area (Å²) in [5.74, 6) is 3.46. The summed E-state index contributed by atoms with van der Waals surface area (Å²) in [6.07, 6.45) is 13.2. The molecule has 0 aromatic carbocycles. The number of carbonyl (C=O) groups excluding carboxylic acids is 1. The molecule has 0 N–H and O–H groups in total. The van der Waals surface area contributed by atoms with Crippen LogP contribution in [0.1, 0.15) is 71.1 Å². The van der Waals surface area contributed by atoms with E-state index >= 15 is 0 Å². The van der Waals surface area contributed by atoms with Crippen LogP contribution < -0.4 is 0 Å². The molecule has 112 valence electrons. The van der Waals surface area contributed by atoms with Crippen molar-refractivity contribution in [3.05, 3.63) is 0 Å². The van der Waals surface area contributed by atoms with E-state index in [-0.39, 0.29) is 0 Å². The highest BCUT2D eigenvalue weighted by atomic mass is 16.2. The zero-order chi connectivity index (χ0) is 13.7. The lowest BCUT2D eigenvalue weighted by Crippen LogP contribution is -2.56. The van der Waals surface area contributed by atoms with Crippen molar-refractivity contribution in [3.63, 3.8) is 0 Å². The average molecular weight is 275 g/mol. The van der Waals surface area contributed by atoms with Crippen molar-refractivity contribution in [2.45, 2.75) is 77.2 Å². The van der Waals surface area contributed by atoms with Crippen molar-refractivity contribution in [2.24, 2.45) is 23.2 Å². The van der Waals surface area contributed by atoms with Crippen molar-refractivity contribution in [3.8, 4) is 0 Å². The number of hydrogen-bond donors (Lipinski definition) is 0. The zero-order valence-electron chi connectivity index (χ0n) is 12.9. The Labute approximate surface area is 123 Å². The van der Waals surface area contributed by atoms with E-state index in [1.54, 1.807) is 0 Å². The van der Waals surface area contributed by atoms with Gasteiger partial charge in [-0.05, 0) is 81.0 Å². The topological polar surface area (TPSA) is 20.3 Å². The monoisotopic (exact) mass is 275 g/mol. The Kier molecular flexibility index (Phi) is 3.12. The fraction of sp³-hybridized carbons (Fsp3) is 0.944. The highest BCUT2D eigenvalue weighted by molar-refractivity contribution is 5.76. The highest BCUT2D eigenvalue weighted by Gasteiger charge is 2.56. The fourth-order valence-corrected chi connectivity index (χ4v) is 6.65. The number of nitrogens with zero attached hydrogens (tertiary/aromatic N) is 1. The van der Waals surface area contributed by atoms with Crippen LogP contribution in [0.3, 0.4) is 0 Å². The van der Waals surface area contributed by atoms with Gasteiger partial charge in [0, 0.05) is 19.0 Å². The number of carbonyl (C=O) groups is 1. The van der Waals surface area contributed by atoms with Crippen LogP contribution in [0.15, 0.2) is 0 Å². The molecular formula is C18H29NO. The van der Waals surface area contributed by atoms with Crippen LogP contribution in [0.5, 0.6) is 0 Å². The molecule has 4 bridgehead atoms. The van der Waals surface area contributed by atoms with E-state index in [1.165, 1.54) is 51.4 Å². The molecule has 1 amide bonds. The molecule has 4 saturated carbocycles. The predicted molar refractivity (Wildman–Crippen MR) is 80.2 cm³/mol. The molecule has 1 atom stereocenters. The molecule has 2 nitrogen and oxygen atoms in total. The molecule has 1 aliphatic heterocycles. The molecule has 2 heteroatoms. The second-order valence-corrected chi connectivity index (χ2v) is 8.28. The minimum Gasteiger partial charge on any atom is -0.339 e. The van der Waals surface area contributed by atoms with Crippen molar-refractivity contribution in [1.82, 2.24) is 4.90 Å². The van der Waals surface area contributed by atoms with Crippen LogP contribution >= 0.6 is 0 Å². The van der Waals surface area contributed by atoms with Gasteiger partial charge in [0.25, 0.3) is 0 Å². The Morgan fingerprint density at radius 1 is 1.10 bits per heavy atom. The van der Waals surface area contributed by atoms with Gasteiger partial charge in [-0.25, -0.2) is 0 Å². The minimum atomic E-state index is 0.450. The van der Waals surface area contributed by atoms with Gasteiger partial charge in [0.1, 0.15) is 0 Å². The van der Waals surface area contributed by atoms with Crippen molar-refractivity contribution < 1.29 is 4.79 Å². The third-order valence-electron chi connectivity index (χ3n) is 6.83. The smallest absolute Gasteiger partial charge is 0.222 e. The Morgan fingerprint density at radius 3 is 2.25 bits per heavy atom. The summed E-state index contributed by atoms with van der Waals surface area (Å²) in [6.45, 7) is 3.18. The minimum absolute atomic E-state index is 0.450. The van der Waals surface area contributed by atoms with Gasteiger partial charge in [0.2, 0.25) is 5.91 Å². The first-order chi connectivity index (χ1) is 9.70. The quantitative estimate of drug-likeness (QED) is 0.762. The molecule has 4 aliphatic carbocycles. The van der Waals surface area contributed by atoms with Crippen LogP contribution in [0.2, 0.25) is 0 Å². The molecule has 20 heavy (non-hydrogen) atoms. The first-order valence-corrected chi connectivity index (χ1v) is 8.99. The molecule has 5 aliphatic rings. The Morgan fingerprint density at radius 2 is 1.70 bits per heavy atom. The second kappa shape index (κ2) is 4.74. The first-order valence-electron chi connectivity index (χ1n) is 8.99. The van der Waals surface area contributed by atoms with Crippen LogP contribution in [-0.2, 0) is 4.79 Å². The number of amides is 1. The van der Waals surface area contributed by atoms with E-state index in [1.807, 2.05) is 0 Å². The Hall–Kier alpha value is -0.530. The molecule has 0 spiro atoms. The maximum absolute atomic E-state index is 12.5. The summed E-state index contributed by atoms with van der Waals surface area (Å²) in [5, 5.41) is 0. The van der Waals surface area contributed by atoms with Crippen LogP contribution in [0, 0.1) is 23.2 Å². The molecule has 0 aromatic heterocycles. The number of rotatable bonds is 3. The number of likely N-dealkylation sites (tertiary alicyclic amines) is 1. The van der Waals surface area contributed by atoms with Gasteiger partial charge in [-0.15, -0.1) is 0 Å². The van der Waals surface area contributed by atoms with Crippen molar-refractivity contribution in [2.75, 3.05) is 6.54 Å². The third-order valence-corrected chi connectivity index (χ3v) is 6.83. The van der Waals surface area contributed by atoms with Gasteiger partial charge < -0.3 is 4.90 Å². The van der Waals surface area contributed by atoms with E-state index in [0.717, 1.165) is 37.1 Å². The van der Waals surface area contributed by atoms with Gasteiger partial charge in [0.05, 0.1) is 0 Å². The molecule has 1 saturated heterocycles. The van der Waals surface area contributed by atoms with E-state index in [9.17, 15) is 4.79 Å². The summed E-state index contributed by atoms with van der Waals surface area (Å²) in [7, 11) is 0. The maximum atomic E-state index is 12.5. The van der Waals surface area contributed by atoms with Gasteiger partial charge >= 0.3 is 0 Å². The Balaban J connectivity index is 1.58. The lowest BCUT2D eigenvalue weighted by Gasteiger charge is -2.60. The van der Waals surface area contributed by atoms with E-state index < -0.39 is 0 Å². The predicted octanol–water partition coefficient (Wildman–Crippen LogP) is 3.99. The summed E-state index contributed by atoms with van der Waals surface area (Å²) in [4.78, 5) is 14.8. The lowest BCUT2D eigenvalue weighted by atomic mass is 9.47. The summed E-state index contributed by atoms with van der Waals surface area (Å²) >= 11 is 0. The SMILES string of the molecule is CCCC(=O)N1CCCC1C12CC3CC(CC(C3)C1)C2. The van der Waals surface area contributed by atoms with Crippen LogP contribution in [0.4, 0.5) is 0 Å². The molecule has 1 heterocycles. The molecule has 0 radical (unpaired) electrons. The van der Waals surface area contributed by atoms with Crippen molar-refractivity contribution >= 4 is 5.91 Å². The number of hydrogen-bond acceptors (Lipinski definition) is 1. The highest BCUT2D eigenvalue weighted by Crippen LogP contribution is 2.63. The first kappa shape index (κ1) is 13.2. The second-order valence-electron chi connectivity index (χ2n) is 8.28. The summed E-state index contributed by atoms with van der Waals surface area (Å²) in [5.41, 5.74) is 0.536. The Bertz CT molecular complexity index is 367. The van der Waals surface area contributed by atoms with Gasteiger partial charge in [-0.2, -0.15) is 0 Å². The summed E-state index contributed by atoms with van der Waals surface area (Å²) < 4.78 is 0. The van der Waals surface area contributed by atoms with E-state index in [4.69, 9.17) is 0 Å². The molecular weight excluding hydrogens is 246 g/mol. The normalized spacial score (nSPS) is 46.1. The summed E-state index contributed by atoms with van der Waals surface area (Å²) in [6, 6.07) is 0.606. The molecule has 5 rings (SSSR count). The maximum Gasteiger partial charge on any atom is 0.222 e. The van der Waals surface area contributed by atoms with Gasteiger partial charge in [-0.1, -0.05) is 6.92 Å². The molecule has 0 aromatic rings. The van der Waals surface area contributed by atoms with Gasteiger partial charge in [-0.3, -0.25) is 4.79 Å². The average Bonchev–Trinajstić information content (AvgIpc) is 2.87. The van der Waals surface area contributed by atoms with E-state index in [0.29, 0.717) is 17.4 Å². The molecule has 1 unspecified atom stereocenters. The fourth-order valence-electron chi connectivity index (χ4n) is 6.65. The third kappa shape index (κ3) is 1.94. The van der Waals surface area contributed by atoms with Crippen molar-refractivity contribution in [1.29, 1.82) is 0 Å². The zero-order valence-corrected chi connectivity index (χ0v) is 12.9. The van der Waals surface area contributed by atoms with Crippen LogP contribution in [0.25, 0.3) is 0 Å². The lowest BCUT2D eigenvalue weighted by molar-refractivity contribution is -0.142. The van der Waals surface area contributed by atoms with Gasteiger partial charge in [0.15, 0.2) is 0 Å². The molecule has 5 fully saturated rings. The standard InChI is InChI=1S/C18H29NO/c1-2-4-17(20)19-6-3-5-16(19)18-10-13-7-14(11-18)9-15(8-13)12-18/h13-16H,2-12H2,1H3. The largest absolute Gasteiger partial charge is 0.339 e. The van der Waals surface area contributed by atoms with Crippen LogP contribution in [-0.4, -0.2) is 23.4 Å².